The third kappa shape index (κ3) is 7.40. The fourth-order valence-corrected chi connectivity index (χ4v) is 2.79. The third-order valence-electron chi connectivity index (χ3n) is 4.48. The van der Waals surface area contributed by atoms with Crippen LogP contribution >= 0.6 is 0 Å². The average Bonchev–Trinajstić information content (AvgIpc) is 2.71. The molecule has 1 atom stereocenters. The monoisotopic (exact) mass is 383 g/mol. The molecule has 28 heavy (non-hydrogen) atoms. The summed E-state index contributed by atoms with van der Waals surface area (Å²) in [4.78, 5) is 23.9. The van der Waals surface area contributed by atoms with Crippen LogP contribution in [0.15, 0.2) is 48.5 Å². The summed E-state index contributed by atoms with van der Waals surface area (Å²) in [7, 11) is 0. The topological polar surface area (TPSA) is 90.5 Å². The number of urea groups is 1. The standard InChI is InChI=1S/C22H29N3O3/c1-3-17-5-4-6-20(12-17)25-21(27)14-24-22(28)23-13-19(15-26)11-18-9-7-16(2)8-10-18/h4-10,12,19,26H,3,11,13-15H2,1-2H3,(H,25,27)(H2,23,24,28). The molecule has 0 saturated carbocycles. The Labute approximate surface area is 166 Å². The van der Waals surface area contributed by atoms with E-state index in [-0.39, 0.29) is 25.0 Å². The van der Waals surface area contributed by atoms with Gasteiger partial charge in [-0.1, -0.05) is 48.9 Å². The summed E-state index contributed by atoms with van der Waals surface area (Å²) in [5.74, 6) is -0.374. The van der Waals surface area contributed by atoms with Crippen molar-refractivity contribution < 1.29 is 14.7 Å². The first-order valence-electron chi connectivity index (χ1n) is 9.57. The first kappa shape index (κ1) is 21.4. The highest BCUT2D eigenvalue weighted by molar-refractivity contribution is 5.94. The summed E-state index contributed by atoms with van der Waals surface area (Å²) < 4.78 is 0. The maximum Gasteiger partial charge on any atom is 0.315 e. The zero-order valence-electron chi connectivity index (χ0n) is 16.5. The SMILES string of the molecule is CCc1cccc(NC(=O)CNC(=O)NCC(CO)Cc2ccc(C)cc2)c1. The van der Waals surface area contributed by atoms with Crippen molar-refractivity contribution in [1.29, 1.82) is 0 Å². The molecule has 0 aliphatic rings. The number of nitrogens with one attached hydrogen (secondary N) is 3. The normalized spacial score (nSPS) is 11.5. The fourth-order valence-electron chi connectivity index (χ4n) is 2.79. The van der Waals surface area contributed by atoms with E-state index in [9.17, 15) is 14.7 Å². The minimum absolute atomic E-state index is 0.0254. The van der Waals surface area contributed by atoms with Crippen LogP contribution in [0.1, 0.15) is 23.6 Å². The summed E-state index contributed by atoms with van der Waals surface area (Å²) in [5.41, 5.74) is 4.14. The number of anilines is 1. The number of aliphatic hydroxyl groups excluding tert-OH is 1. The molecule has 2 rings (SSSR count). The van der Waals surface area contributed by atoms with Gasteiger partial charge in [-0.25, -0.2) is 4.79 Å². The van der Waals surface area contributed by atoms with Crippen LogP contribution in [0.4, 0.5) is 10.5 Å². The molecule has 0 fully saturated rings. The Kier molecular flexibility index (Phi) is 8.49. The second-order valence-corrected chi connectivity index (χ2v) is 6.90. The van der Waals surface area contributed by atoms with E-state index in [0.717, 1.165) is 17.5 Å². The summed E-state index contributed by atoms with van der Waals surface area (Å²) in [6, 6.07) is 15.3. The first-order chi connectivity index (χ1) is 13.5. The van der Waals surface area contributed by atoms with Crippen molar-refractivity contribution in [2.24, 2.45) is 5.92 Å². The Balaban J connectivity index is 1.71. The maximum absolute atomic E-state index is 12.0. The summed E-state index contributed by atoms with van der Waals surface area (Å²) in [5, 5.41) is 17.6. The number of carbonyl (C=O) groups is 2. The van der Waals surface area contributed by atoms with Crippen LogP contribution in [-0.2, 0) is 17.6 Å². The van der Waals surface area contributed by atoms with E-state index >= 15 is 0 Å². The number of hydrogen-bond donors (Lipinski definition) is 4. The van der Waals surface area contributed by atoms with Crippen molar-refractivity contribution in [2.75, 3.05) is 25.0 Å². The van der Waals surface area contributed by atoms with E-state index in [1.807, 2.05) is 62.4 Å². The number of amides is 3. The summed E-state index contributed by atoms with van der Waals surface area (Å²) >= 11 is 0. The number of aliphatic hydroxyl groups is 1. The Bertz CT molecular complexity index is 775. The molecular formula is C22H29N3O3. The van der Waals surface area contributed by atoms with Crippen molar-refractivity contribution in [3.8, 4) is 0 Å². The van der Waals surface area contributed by atoms with Gasteiger partial charge in [-0.05, 0) is 43.0 Å². The minimum Gasteiger partial charge on any atom is -0.396 e. The number of benzene rings is 2. The Hall–Kier alpha value is -2.86. The lowest BCUT2D eigenvalue weighted by atomic mass is 9.99. The molecular weight excluding hydrogens is 354 g/mol. The zero-order valence-corrected chi connectivity index (χ0v) is 16.5. The molecule has 0 aliphatic heterocycles. The van der Waals surface area contributed by atoms with Gasteiger partial charge in [0.05, 0.1) is 6.54 Å². The van der Waals surface area contributed by atoms with Crippen LogP contribution in [0, 0.1) is 12.8 Å². The molecule has 6 nitrogen and oxygen atoms in total. The molecule has 150 valence electrons. The van der Waals surface area contributed by atoms with Crippen LogP contribution in [0.5, 0.6) is 0 Å². The molecule has 0 radical (unpaired) electrons. The van der Waals surface area contributed by atoms with Gasteiger partial charge >= 0.3 is 6.03 Å². The predicted molar refractivity (Wildman–Crippen MR) is 111 cm³/mol. The van der Waals surface area contributed by atoms with Gasteiger partial charge < -0.3 is 21.1 Å². The predicted octanol–water partition coefficient (Wildman–Crippen LogP) is 2.65. The lowest BCUT2D eigenvalue weighted by Crippen LogP contribution is -2.42. The van der Waals surface area contributed by atoms with Gasteiger partial charge in [-0.15, -0.1) is 0 Å². The Morgan fingerprint density at radius 3 is 2.46 bits per heavy atom. The largest absolute Gasteiger partial charge is 0.396 e. The van der Waals surface area contributed by atoms with Gasteiger partial charge in [0.25, 0.3) is 0 Å². The highest BCUT2D eigenvalue weighted by Gasteiger charge is 2.11. The van der Waals surface area contributed by atoms with Crippen LogP contribution in [0.3, 0.4) is 0 Å². The molecule has 2 aromatic carbocycles. The molecule has 3 amide bonds. The summed E-state index contributed by atoms with van der Waals surface area (Å²) in [6.07, 6.45) is 1.56. The molecule has 0 aliphatic carbocycles. The lowest BCUT2D eigenvalue weighted by molar-refractivity contribution is -0.115. The van der Waals surface area contributed by atoms with Gasteiger partial charge in [0, 0.05) is 24.8 Å². The van der Waals surface area contributed by atoms with Crippen LogP contribution in [-0.4, -0.2) is 36.7 Å². The highest BCUT2D eigenvalue weighted by Crippen LogP contribution is 2.11. The van der Waals surface area contributed by atoms with E-state index in [1.54, 1.807) is 0 Å². The van der Waals surface area contributed by atoms with Crippen molar-refractivity contribution in [1.82, 2.24) is 10.6 Å². The van der Waals surface area contributed by atoms with E-state index in [1.165, 1.54) is 5.56 Å². The second kappa shape index (κ2) is 11.1. The van der Waals surface area contributed by atoms with Gasteiger partial charge in [0.15, 0.2) is 0 Å². The van der Waals surface area contributed by atoms with Crippen LogP contribution in [0.25, 0.3) is 0 Å². The first-order valence-corrected chi connectivity index (χ1v) is 9.57. The lowest BCUT2D eigenvalue weighted by Gasteiger charge is -2.16. The van der Waals surface area contributed by atoms with E-state index in [0.29, 0.717) is 18.7 Å². The fraction of sp³-hybridized carbons (Fsp3) is 0.364. The average molecular weight is 383 g/mol. The van der Waals surface area contributed by atoms with Crippen LogP contribution in [0.2, 0.25) is 0 Å². The molecule has 4 N–H and O–H groups in total. The van der Waals surface area contributed by atoms with Crippen molar-refractivity contribution in [2.45, 2.75) is 26.7 Å². The van der Waals surface area contributed by atoms with E-state index < -0.39 is 6.03 Å². The molecule has 0 bridgehead atoms. The van der Waals surface area contributed by atoms with Gasteiger partial charge in [-0.3, -0.25) is 4.79 Å². The second-order valence-electron chi connectivity index (χ2n) is 6.90. The molecule has 0 heterocycles. The van der Waals surface area contributed by atoms with Gasteiger partial charge in [0.1, 0.15) is 0 Å². The number of aryl methyl sites for hydroxylation is 2. The number of hydrogen-bond acceptors (Lipinski definition) is 3. The minimum atomic E-state index is -0.431. The van der Waals surface area contributed by atoms with Crippen molar-refractivity contribution in [3.63, 3.8) is 0 Å². The quantitative estimate of drug-likeness (QED) is 0.537. The smallest absolute Gasteiger partial charge is 0.315 e. The van der Waals surface area contributed by atoms with E-state index in [2.05, 4.69) is 16.0 Å². The molecule has 6 heteroatoms. The number of rotatable bonds is 9. The van der Waals surface area contributed by atoms with Crippen LogP contribution < -0.4 is 16.0 Å². The molecule has 1 unspecified atom stereocenters. The van der Waals surface area contributed by atoms with Gasteiger partial charge in [0.2, 0.25) is 5.91 Å². The van der Waals surface area contributed by atoms with E-state index in [4.69, 9.17) is 0 Å². The zero-order chi connectivity index (χ0) is 20.4. The van der Waals surface area contributed by atoms with Gasteiger partial charge in [-0.2, -0.15) is 0 Å². The van der Waals surface area contributed by atoms with Crippen molar-refractivity contribution in [3.05, 3.63) is 65.2 Å². The number of carbonyl (C=O) groups excluding carboxylic acids is 2. The molecule has 0 spiro atoms. The summed E-state index contributed by atoms with van der Waals surface area (Å²) in [6.45, 7) is 4.25. The Morgan fingerprint density at radius 1 is 1.04 bits per heavy atom. The highest BCUT2D eigenvalue weighted by atomic mass is 16.3. The molecule has 2 aromatic rings. The molecule has 0 saturated heterocycles. The molecule has 0 aromatic heterocycles. The van der Waals surface area contributed by atoms with Crippen molar-refractivity contribution >= 4 is 17.6 Å². The third-order valence-corrected chi connectivity index (χ3v) is 4.48. The maximum atomic E-state index is 12.0. The Morgan fingerprint density at radius 2 is 1.79 bits per heavy atom.